The lowest BCUT2D eigenvalue weighted by Crippen LogP contribution is -2.46. The van der Waals surface area contributed by atoms with Gasteiger partial charge in [-0.3, -0.25) is 0 Å². The summed E-state index contributed by atoms with van der Waals surface area (Å²) in [6.07, 6.45) is 1.09. The second-order valence-electron chi connectivity index (χ2n) is 4.09. The van der Waals surface area contributed by atoms with Gasteiger partial charge in [0.2, 0.25) is 0 Å². The summed E-state index contributed by atoms with van der Waals surface area (Å²) >= 11 is 7.88. The summed E-state index contributed by atoms with van der Waals surface area (Å²) in [5, 5.41) is 5.73. The van der Waals surface area contributed by atoms with Gasteiger partial charge < -0.3 is 5.32 Å². The third kappa shape index (κ3) is 3.60. The number of hydrogen-bond donors (Lipinski definition) is 1. The maximum atomic E-state index is 6.07. The topological polar surface area (TPSA) is 12.0 Å². The highest BCUT2D eigenvalue weighted by Gasteiger charge is 2.22. The summed E-state index contributed by atoms with van der Waals surface area (Å²) < 4.78 is 0. The number of alkyl halides is 1. The van der Waals surface area contributed by atoms with E-state index in [1.807, 2.05) is 18.3 Å². The Hall–Kier alpha value is -0.0500. The summed E-state index contributed by atoms with van der Waals surface area (Å²) in [7, 11) is 0. The van der Waals surface area contributed by atoms with Crippen molar-refractivity contribution in [2.75, 3.05) is 6.54 Å². The van der Waals surface area contributed by atoms with E-state index in [2.05, 4.69) is 36.7 Å². The summed E-state index contributed by atoms with van der Waals surface area (Å²) in [6.45, 7) is 7.29. The van der Waals surface area contributed by atoms with Crippen molar-refractivity contribution < 1.29 is 0 Å². The first-order valence-corrected chi connectivity index (χ1v) is 6.25. The van der Waals surface area contributed by atoms with Gasteiger partial charge in [0.05, 0.1) is 0 Å². The molecule has 0 aliphatic carbocycles. The number of nitrogens with one attached hydrogen (secondary N) is 1. The van der Waals surface area contributed by atoms with Gasteiger partial charge in [-0.1, -0.05) is 6.07 Å². The zero-order valence-corrected chi connectivity index (χ0v) is 10.6. The molecule has 0 spiro atoms. The Bertz CT molecular complexity index is 254. The van der Waals surface area contributed by atoms with Gasteiger partial charge in [-0.2, -0.15) is 0 Å². The first-order valence-electron chi connectivity index (χ1n) is 4.94. The van der Waals surface area contributed by atoms with E-state index >= 15 is 0 Å². The van der Waals surface area contributed by atoms with Crippen molar-refractivity contribution in [3.05, 3.63) is 22.4 Å². The molecule has 1 nitrogen and oxygen atoms in total. The van der Waals surface area contributed by atoms with Crippen molar-refractivity contribution in [2.24, 2.45) is 0 Å². The first kappa shape index (κ1) is 12.0. The minimum absolute atomic E-state index is 0.0127. The highest BCUT2D eigenvalue weighted by molar-refractivity contribution is 7.09. The molecule has 3 heteroatoms. The summed E-state index contributed by atoms with van der Waals surface area (Å²) in [5.41, 5.74) is 0.0127. The number of halogens is 1. The fourth-order valence-corrected chi connectivity index (χ4v) is 1.89. The molecule has 1 atom stereocenters. The highest BCUT2D eigenvalue weighted by Crippen LogP contribution is 2.15. The van der Waals surface area contributed by atoms with E-state index in [9.17, 15) is 0 Å². The third-order valence-corrected chi connectivity index (χ3v) is 4.01. The van der Waals surface area contributed by atoms with Gasteiger partial charge in [0, 0.05) is 22.3 Å². The molecule has 0 aromatic carbocycles. The molecule has 0 aliphatic heterocycles. The van der Waals surface area contributed by atoms with Crippen molar-refractivity contribution in [1.29, 1.82) is 0 Å². The lowest BCUT2D eigenvalue weighted by Gasteiger charge is -2.29. The molecule has 1 aromatic rings. The van der Waals surface area contributed by atoms with E-state index in [1.165, 1.54) is 4.88 Å². The Balaban J connectivity index is 2.28. The van der Waals surface area contributed by atoms with Crippen molar-refractivity contribution in [1.82, 2.24) is 5.32 Å². The van der Waals surface area contributed by atoms with Crippen LogP contribution in [-0.2, 0) is 6.42 Å². The highest BCUT2D eigenvalue weighted by atomic mass is 35.5. The number of rotatable bonds is 5. The van der Waals surface area contributed by atoms with Gasteiger partial charge in [-0.15, -0.1) is 22.9 Å². The van der Waals surface area contributed by atoms with Crippen LogP contribution in [0.1, 0.15) is 25.6 Å². The summed E-state index contributed by atoms with van der Waals surface area (Å²) in [6, 6.07) is 4.26. The van der Waals surface area contributed by atoms with E-state index in [0.29, 0.717) is 0 Å². The minimum Gasteiger partial charge on any atom is -0.310 e. The smallest absolute Gasteiger partial charge is 0.0484 e. The SMILES string of the molecule is CC(Cl)C(C)(C)NCCc1cccs1. The van der Waals surface area contributed by atoms with Crippen LogP contribution in [0.15, 0.2) is 17.5 Å². The molecule has 1 rings (SSSR count). The monoisotopic (exact) mass is 231 g/mol. The largest absolute Gasteiger partial charge is 0.310 e. The van der Waals surface area contributed by atoms with Crippen LogP contribution >= 0.6 is 22.9 Å². The molecule has 0 saturated heterocycles. The molecule has 1 heterocycles. The lowest BCUT2D eigenvalue weighted by molar-refractivity contribution is 0.386. The first-order chi connectivity index (χ1) is 6.52. The Morgan fingerprint density at radius 1 is 1.57 bits per heavy atom. The maximum Gasteiger partial charge on any atom is 0.0484 e. The summed E-state index contributed by atoms with van der Waals surface area (Å²) in [5.74, 6) is 0. The van der Waals surface area contributed by atoms with Gasteiger partial charge in [-0.05, 0) is 38.6 Å². The quantitative estimate of drug-likeness (QED) is 0.767. The molecule has 0 radical (unpaired) electrons. The second-order valence-corrected chi connectivity index (χ2v) is 5.78. The lowest BCUT2D eigenvalue weighted by atomic mass is 10.0. The van der Waals surface area contributed by atoms with E-state index in [-0.39, 0.29) is 10.9 Å². The normalized spacial score (nSPS) is 14.3. The van der Waals surface area contributed by atoms with Gasteiger partial charge in [-0.25, -0.2) is 0 Å². The molecule has 0 amide bonds. The van der Waals surface area contributed by atoms with Gasteiger partial charge in [0.15, 0.2) is 0 Å². The van der Waals surface area contributed by atoms with Crippen LogP contribution in [0.4, 0.5) is 0 Å². The third-order valence-electron chi connectivity index (χ3n) is 2.53. The van der Waals surface area contributed by atoms with Gasteiger partial charge in [0.1, 0.15) is 0 Å². The Morgan fingerprint density at radius 3 is 2.79 bits per heavy atom. The Kier molecular flexibility index (Phi) is 4.42. The van der Waals surface area contributed by atoms with Crippen LogP contribution in [0.3, 0.4) is 0 Å². The number of thiophene rings is 1. The van der Waals surface area contributed by atoms with Gasteiger partial charge >= 0.3 is 0 Å². The molecule has 14 heavy (non-hydrogen) atoms. The molecular weight excluding hydrogens is 214 g/mol. The molecule has 0 bridgehead atoms. The van der Waals surface area contributed by atoms with E-state index < -0.39 is 0 Å². The van der Waals surface area contributed by atoms with Gasteiger partial charge in [0.25, 0.3) is 0 Å². The van der Waals surface area contributed by atoms with E-state index in [4.69, 9.17) is 11.6 Å². The average molecular weight is 232 g/mol. The average Bonchev–Trinajstić information content (AvgIpc) is 2.56. The summed E-state index contributed by atoms with van der Waals surface area (Å²) in [4.78, 5) is 1.43. The van der Waals surface area contributed by atoms with E-state index in [1.54, 1.807) is 0 Å². The molecular formula is C11H18ClNS. The van der Waals surface area contributed by atoms with Crippen LogP contribution in [0.5, 0.6) is 0 Å². The van der Waals surface area contributed by atoms with Crippen LogP contribution in [0.2, 0.25) is 0 Å². The van der Waals surface area contributed by atoms with Crippen LogP contribution < -0.4 is 5.32 Å². The molecule has 1 aromatic heterocycles. The predicted molar refractivity (Wildman–Crippen MR) is 65.4 cm³/mol. The second kappa shape index (κ2) is 5.15. The van der Waals surface area contributed by atoms with Crippen molar-refractivity contribution >= 4 is 22.9 Å². The van der Waals surface area contributed by atoms with Crippen LogP contribution in [-0.4, -0.2) is 17.5 Å². The fourth-order valence-electron chi connectivity index (χ4n) is 1.10. The van der Waals surface area contributed by atoms with Crippen LogP contribution in [0, 0.1) is 0 Å². The Morgan fingerprint density at radius 2 is 2.29 bits per heavy atom. The molecule has 0 fully saturated rings. The minimum atomic E-state index is 0.0127. The molecule has 0 saturated carbocycles. The van der Waals surface area contributed by atoms with Crippen molar-refractivity contribution in [3.63, 3.8) is 0 Å². The van der Waals surface area contributed by atoms with Crippen molar-refractivity contribution in [2.45, 2.75) is 38.1 Å². The predicted octanol–water partition coefficient (Wildman–Crippen LogP) is 3.29. The van der Waals surface area contributed by atoms with E-state index in [0.717, 1.165) is 13.0 Å². The zero-order valence-electron chi connectivity index (χ0n) is 9.01. The molecule has 80 valence electrons. The Labute approximate surface area is 95.5 Å². The fraction of sp³-hybridized carbons (Fsp3) is 0.636. The molecule has 0 aliphatic rings. The zero-order chi connectivity index (χ0) is 10.6. The molecule has 1 unspecified atom stereocenters. The maximum absolute atomic E-state index is 6.07. The van der Waals surface area contributed by atoms with Crippen LogP contribution in [0.25, 0.3) is 0 Å². The molecule has 1 N–H and O–H groups in total. The number of hydrogen-bond acceptors (Lipinski definition) is 2. The van der Waals surface area contributed by atoms with Crippen molar-refractivity contribution in [3.8, 4) is 0 Å². The standard InChI is InChI=1S/C11H18ClNS/c1-9(12)11(2,3)13-7-6-10-5-4-8-14-10/h4-5,8-9,13H,6-7H2,1-3H3.